The van der Waals surface area contributed by atoms with Crippen LogP contribution in [0, 0.1) is 11.6 Å². The molecule has 180 valence electrons. The number of anilines is 1. The fourth-order valence-corrected chi connectivity index (χ4v) is 3.43. The van der Waals surface area contributed by atoms with E-state index in [0.717, 1.165) is 30.3 Å². The number of alkyl halides is 3. The number of nitrogen functional groups attached to an aromatic ring is 1. The Morgan fingerprint density at radius 1 is 1.03 bits per heavy atom. The van der Waals surface area contributed by atoms with E-state index in [2.05, 4.69) is 10.1 Å². The highest BCUT2D eigenvalue weighted by molar-refractivity contribution is 6.34. The standard InChI is InChI=1S/C22H13ClF5N5O2/c23-17-15(7-8-31-20(17)29)35-14-6-5-10(9-12(14)25)18-16(21(30)34)19(22(26,27)28)33(32-18)13-4-2-1-3-11(13)24/h1-9H,(H2,29,31)(H2,30,34). The van der Waals surface area contributed by atoms with E-state index in [0.29, 0.717) is 0 Å². The maximum Gasteiger partial charge on any atom is 0.434 e. The van der Waals surface area contributed by atoms with Crippen LogP contribution >= 0.6 is 11.6 Å². The number of carbonyl (C=O) groups excluding carboxylic acids is 1. The van der Waals surface area contributed by atoms with E-state index in [1.807, 2.05) is 0 Å². The SMILES string of the molecule is NC(=O)c1c(-c2ccc(Oc3ccnc(N)c3Cl)c(F)c2)nn(-c2ccccc2F)c1C(F)(F)F. The Morgan fingerprint density at radius 3 is 2.37 bits per heavy atom. The molecule has 0 atom stereocenters. The first-order valence-electron chi connectivity index (χ1n) is 9.61. The smallest absolute Gasteiger partial charge is 0.434 e. The van der Waals surface area contributed by atoms with Crippen molar-refractivity contribution in [1.29, 1.82) is 0 Å². The van der Waals surface area contributed by atoms with Crippen molar-refractivity contribution >= 4 is 23.3 Å². The second-order valence-electron chi connectivity index (χ2n) is 7.05. The summed E-state index contributed by atoms with van der Waals surface area (Å²) in [6, 6.07) is 8.85. The second-order valence-corrected chi connectivity index (χ2v) is 7.43. The van der Waals surface area contributed by atoms with Gasteiger partial charge in [-0.05, 0) is 30.3 Å². The second kappa shape index (κ2) is 8.87. The molecule has 2 aromatic heterocycles. The lowest BCUT2D eigenvalue weighted by Gasteiger charge is -2.12. The molecule has 4 aromatic rings. The molecular formula is C22H13ClF5N5O2. The lowest BCUT2D eigenvalue weighted by molar-refractivity contribution is -0.143. The Balaban J connectivity index is 1.87. The summed E-state index contributed by atoms with van der Waals surface area (Å²) in [4.78, 5) is 15.8. The van der Waals surface area contributed by atoms with Gasteiger partial charge < -0.3 is 16.2 Å². The molecule has 0 radical (unpaired) electrons. The molecule has 0 fully saturated rings. The van der Waals surface area contributed by atoms with E-state index in [-0.39, 0.29) is 32.6 Å². The van der Waals surface area contributed by atoms with Gasteiger partial charge in [0.2, 0.25) is 0 Å². The van der Waals surface area contributed by atoms with Crippen LogP contribution in [0.4, 0.5) is 27.8 Å². The van der Waals surface area contributed by atoms with E-state index >= 15 is 0 Å². The highest BCUT2D eigenvalue weighted by Crippen LogP contribution is 2.40. The number of rotatable bonds is 5. The lowest BCUT2D eigenvalue weighted by Crippen LogP contribution is -2.21. The average molecular weight is 510 g/mol. The highest BCUT2D eigenvalue weighted by atomic mass is 35.5. The molecule has 13 heteroatoms. The zero-order chi connectivity index (χ0) is 25.5. The van der Waals surface area contributed by atoms with Gasteiger partial charge in [0.1, 0.15) is 28.0 Å². The van der Waals surface area contributed by atoms with Gasteiger partial charge in [-0.1, -0.05) is 23.7 Å². The van der Waals surface area contributed by atoms with Gasteiger partial charge in [-0.3, -0.25) is 4.79 Å². The van der Waals surface area contributed by atoms with E-state index in [9.17, 15) is 26.7 Å². The van der Waals surface area contributed by atoms with Crippen LogP contribution in [0.3, 0.4) is 0 Å². The fourth-order valence-electron chi connectivity index (χ4n) is 3.28. The topological polar surface area (TPSA) is 109 Å². The Morgan fingerprint density at radius 2 is 1.74 bits per heavy atom. The first-order valence-corrected chi connectivity index (χ1v) is 9.99. The molecule has 0 saturated carbocycles. The van der Waals surface area contributed by atoms with Crippen molar-refractivity contribution in [3.05, 3.63) is 82.6 Å². The molecule has 0 bridgehead atoms. The zero-order valence-electron chi connectivity index (χ0n) is 17.3. The van der Waals surface area contributed by atoms with Gasteiger partial charge >= 0.3 is 6.18 Å². The summed E-state index contributed by atoms with van der Waals surface area (Å²) in [6.45, 7) is 0. The number of amides is 1. The monoisotopic (exact) mass is 509 g/mol. The quantitative estimate of drug-likeness (QED) is 0.352. The highest BCUT2D eigenvalue weighted by Gasteiger charge is 2.43. The molecule has 7 nitrogen and oxygen atoms in total. The Hall–Kier alpha value is -4.19. The average Bonchev–Trinajstić information content (AvgIpc) is 3.20. The van der Waals surface area contributed by atoms with Crippen LogP contribution < -0.4 is 16.2 Å². The number of primary amides is 1. The van der Waals surface area contributed by atoms with E-state index in [1.165, 1.54) is 24.4 Å². The van der Waals surface area contributed by atoms with Crippen LogP contribution in [0.2, 0.25) is 5.02 Å². The molecule has 2 aromatic carbocycles. The van der Waals surface area contributed by atoms with Crippen molar-refractivity contribution in [2.24, 2.45) is 5.73 Å². The maximum absolute atomic E-state index is 14.9. The molecular weight excluding hydrogens is 497 g/mol. The number of nitrogens with two attached hydrogens (primary N) is 2. The number of aromatic nitrogens is 3. The van der Waals surface area contributed by atoms with Crippen molar-refractivity contribution in [3.63, 3.8) is 0 Å². The van der Waals surface area contributed by atoms with Gasteiger partial charge in [-0.25, -0.2) is 18.4 Å². The summed E-state index contributed by atoms with van der Waals surface area (Å²) < 4.78 is 76.7. The van der Waals surface area contributed by atoms with E-state index < -0.39 is 46.4 Å². The number of pyridine rings is 1. The molecule has 0 aliphatic rings. The summed E-state index contributed by atoms with van der Waals surface area (Å²) in [7, 11) is 0. The Kier molecular flexibility index (Phi) is 6.07. The number of benzene rings is 2. The summed E-state index contributed by atoms with van der Waals surface area (Å²) in [5.41, 5.74) is 6.72. The molecule has 2 heterocycles. The van der Waals surface area contributed by atoms with Crippen molar-refractivity contribution in [2.75, 3.05) is 5.73 Å². The van der Waals surface area contributed by atoms with Crippen molar-refractivity contribution in [1.82, 2.24) is 14.8 Å². The first kappa shape index (κ1) is 24.0. The first-order chi connectivity index (χ1) is 16.5. The van der Waals surface area contributed by atoms with Crippen LogP contribution in [0.25, 0.3) is 16.9 Å². The van der Waals surface area contributed by atoms with Gasteiger partial charge in [-0.15, -0.1) is 0 Å². The van der Waals surface area contributed by atoms with E-state index in [1.54, 1.807) is 0 Å². The largest absolute Gasteiger partial charge is 0.453 e. The van der Waals surface area contributed by atoms with Gasteiger partial charge in [0.15, 0.2) is 23.0 Å². The van der Waals surface area contributed by atoms with Gasteiger partial charge in [-0.2, -0.15) is 18.3 Å². The van der Waals surface area contributed by atoms with Crippen LogP contribution in [-0.2, 0) is 6.18 Å². The summed E-state index contributed by atoms with van der Waals surface area (Å²) >= 11 is 5.98. The Bertz CT molecular complexity index is 1450. The van der Waals surface area contributed by atoms with Crippen LogP contribution in [0.1, 0.15) is 16.1 Å². The summed E-state index contributed by atoms with van der Waals surface area (Å²) in [6.07, 6.45) is -3.88. The minimum absolute atomic E-state index is 0.0215. The number of hydrogen-bond donors (Lipinski definition) is 2. The molecule has 0 aliphatic carbocycles. The molecule has 35 heavy (non-hydrogen) atoms. The van der Waals surface area contributed by atoms with Crippen LogP contribution in [-0.4, -0.2) is 20.7 Å². The van der Waals surface area contributed by atoms with E-state index in [4.69, 9.17) is 27.8 Å². The fraction of sp³-hybridized carbons (Fsp3) is 0.0455. The number of carbonyl (C=O) groups is 1. The number of halogens is 6. The van der Waals surface area contributed by atoms with Gasteiger partial charge in [0.25, 0.3) is 5.91 Å². The third kappa shape index (κ3) is 4.47. The van der Waals surface area contributed by atoms with Gasteiger partial charge in [0.05, 0.1) is 5.56 Å². The molecule has 0 unspecified atom stereocenters. The third-order valence-electron chi connectivity index (χ3n) is 4.79. The number of hydrogen-bond acceptors (Lipinski definition) is 5. The lowest BCUT2D eigenvalue weighted by atomic mass is 10.0. The van der Waals surface area contributed by atoms with Crippen molar-refractivity contribution in [2.45, 2.75) is 6.18 Å². The molecule has 0 spiro atoms. The molecule has 0 saturated heterocycles. The zero-order valence-corrected chi connectivity index (χ0v) is 18.0. The molecule has 0 aliphatic heterocycles. The number of nitrogens with zero attached hydrogens (tertiary/aromatic N) is 3. The van der Waals surface area contributed by atoms with Crippen LogP contribution in [0.5, 0.6) is 11.5 Å². The molecule has 4 rings (SSSR count). The number of ether oxygens (including phenoxy) is 1. The minimum atomic E-state index is -5.16. The van der Waals surface area contributed by atoms with Crippen molar-refractivity contribution in [3.8, 4) is 28.4 Å². The van der Waals surface area contributed by atoms with Crippen molar-refractivity contribution < 1.29 is 31.5 Å². The molecule has 4 N–H and O–H groups in total. The third-order valence-corrected chi connectivity index (χ3v) is 5.17. The number of para-hydroxylation sites is 1. The Labute approximate surface area is 198 Å². The van der Waals surface area contributed by atoms with Crippen LogP contribution in [0.15, 0.2) is 54.7 Å². The minimum Gasteiger partial charge on any atom is -0.453 e. The summed E-state index contributed by atoms with van der Waals surface area (Å²) in [5.74, 6) is -4.00. The van der Waals surface area contributed by atoms with Gasteiger partial charge in [0, 0.05) is 17.8 Å². The maximum atomic E-state index is 14.9. The predicted molar refractivity (Wildman–Crippen MR) is 116 cm³/mol. The summed E-state index contributed by atoms with van der Waals surface area (Å²) in [5, 5.41) is 3.70. The normalized spacial score (nSPS) is 11.5. The predicted octanol–water partition coefficient (Wildman–Crippen LogP) is 5.36. The molecule has 1 amide bonds.